The standard InChI is InChI=1S/C12H16N2O4S/c1-3-17-11(15)9-7-5-14(12(16)18-4-2)6-8(7)19-10(9)13/h3-6,13H2,1-2H3. The van der Waals surface area contributed by atoms with Gasteiger partial charge in [-0.2, -0.15) is 0 Å². The van der Waals surface area contributed by atoms with Crippen molar-refractivity contribution < 1.29 is 19.1 Å². The quantitative estimate of drug-likeness (QED) is 0.858. The van der Waals surface area contributed by atoms with Crippen LogP contribution in [0.2, 0.25) is 0 Å². The minimum absolute atomic E-state index is 0.296. The molecule has 0 saturated heterocycles. The van der Waals surface area contributed by atoms with E-state index in [1.807, 2.05) is 0 Å². The van der Waals surface area contributed by atoms with Gasteiger partial charge in [-0.1, -0.05) is 0 Å². The van der Waals surface area contributed by atoms with E-state index in [0.717, 1.165) is 10.4 Å². The average molecular weight is 284 g/mol. The first-order valence-corrected chi connectivity index (χ1v) is 6.88. The van der Waals surface area contributed by atoms with E-state index >= 15 is 0 Å². The molecule has 2 heterocycles. The summed E-state index contributed by atoms with van der Waals surface area (Å²) in [6.07, 6.45) is -0.376. The molecule has 7 heteroatoms. The highest BCUT2D eigenvalue weighted by Crippen LogP contribution is 2.38. The van der Waals surface area contributed by atoms with Gasteiger partial charge in [0.15, 0.2) is 0 Å². The minimum atomic E-state index is -0.428. The van der Waals surface area contributed by atoms with Gasteiger partial charge in [0.25, 0.3) is 0 Å². The van der Waals surface area contributed by atoms with Gasteiger partial charge in [-0.15, -0.1) is 11.3 Å². The highest BCUT2D eigenvalue weighted by molar-refractivity contribution is 7.16. The van der Waals surface area contributed by atoms with Crippen molar-refractivity contribution in [3.63, 3.8) is 0 Å². The number of amides is 1. The number of nitrogens with zero attached hydrogens (tertiary/aromatic N) is 1. The molecule has 0 unspecified atom stereocenters. The van der Waals surface area contributed by atoms with Crippen LogP contribution < -0.4 is 5.73 Å². The van der Waals surface area contributed by atoms with Crippen LogP contribution >= 0.6 is 11.3 Å². The smallest absolute Gasteiger partial charge is 0.410 e. The number of nitrogen functional groups attached to an aromatic ring is 1. The molecule has 1 aromatic rings. The molecule has 104 valence electrons. The second kappa shape index (κ2) is 5.48. The fourth-order valence-corrected chi connectivity index (χ4v) is 3.10. The first kappa shape index (κ1) is 13.7. The first-order chi connectivity index (χ1) is 9.08. The lowest BCUT2D eigenvalue weighted by atomic mass is 10.1. The molecule has 0 radical (unpaired) electrons. The van der Waals surface area contributed by atoms with Crippen LogP contribution in [-0.4, -0.2) is 30.2 Å². The van der Waals surface area contributed by atoms with E-state index < -0.39 is 5.97 Å². The Hall–Kier alpha value is -1.76. The number of carbonyl (C=O) groups excluding carboxylic acids is 2. The molecule has 0 saturated carbocycles. The zero-order valence-corrected chi connectivity index (χ0v) is 11.7. The van der Waals surface area contributed by atoms with E-state index in [1.54, 1.807) is 18.7 Å². The number of thiophene rings is 1. The summed E-state index contributed by atoms with van der Waals surface area (Å²) in [6, 6.07) is 0. The molecule has 1 aliphatic rings. The summed E-state index contributed by atoms with van der Waals surface area (Å²) in [5.74, 6) is -0.428. The Kier molecular flexibility index (Phi) is 3.94. The van der Waals surface area contributed by atoms with Crippen LogP contribution in [-0.2, 0) is 22.6 Å². The maximum atomic E-state index is 11.9. The van der Waals surface area contributed by atoms with Crippen LogP contribution in [0.15, 0.2) is 0 Å². The van der Waals surface area contributed by atoms with Crippen LogP contribution in [0.5, 0.6) is 0 Å². The number of anilines is 1. The van der Waals surface area contributed by atoms with Gasteiger partial charge in [-0.05, 0) is 13.8 Å². The molecule has 0 fully saturated rings. The maximum absolute atomic E-state index is 11.9. The fourth-order valence-electron chi connectivity index (χ4n) is 2.02. The Labute approximate surface area is 115 Å². The largest absolute Gasteiger partial charge is 0.462 e. The third kappa shape index (κ3) is 2.51. The lowest BCUT2D eigenvalue weighted by Crippen LogP contribution is -2.26. The van der Waals surface area contributed by atoms with Crippen molar-refractivity contribution in [1.82, 2.24) is 4.90 Å². The third-order valence-corrected chi connectivity index (χ3v) is 3.85. The van der Waals surface area contributed by atoms with E-state index in [0.29, 0.717) is 36.9 Å². The second-order valence-electron chi connectivity index (χ2n) is 4.02. The van der Waals surface area contributed by atoms with Gasteiger partial charge >= 0.3 is 12.1 Å². The molecule has 2 N–H and O–H groups in total. The van der Waals surface area contributed by atoms with Gasteiger partial charge in [0.1, 0.15) is 5.00 Å². The van der Waals surface area contributed by atoms with Crippen molar-refractivity contribution in [2.45, 2.75) is 26.9 Å². The SMILES string of the molecule is CCOC(=O)c1c(N)sc2c1CN(C(=O)OCC)C2. The number of nitrogens with two attached hydrogens (primary N) is 1. The van der Waals surface area contributed by atoms with E-state index in [-0.39, 0.29) is 6.09 Å². The van der Waals surface area contributed by atoms with Crippen LogP contribution in [0.4, 0.5) is 9.80 Å². The van der Waals surface area contributed by atoms with E-state index in [2.05, 4.69) is 0 Å². The van der Waals surface area contributed by atoms with Crippen LogP contribution in [0, 0.1) is 0 Å². The van der Waals surface area contributed by atoms with Crippen molar-refractivity contribution in [2.24, 2.45) is 0 Å². The minimum Gasteiger partial charge on any atom is -0.462 e. The molecule has 0 aliphatic carbocycles. The van der Waals surface area contributed by atoms with Gasteiger partial charge in [-0.25, -0.2) is 9.59 Å². The zero-order valence-electron chi connectivity index (χ0n) is 10.9. The number of fused-ring (bicyclic) bond motifs is 1. The van der Waals surface area contributed by atoms with Gasteiger partial charge < -0.3 is 15.2 Å². The maximum Gasteiger partial charge on any atom is 0.410 e. The van der Waals surface area contributed by atoms with E-state index in [9.17, 15) is 9.59 Å². The lowest BCUT2D eigenvalue weighted by molar-refractivity contribution is 0.0525. The summed E-state index contributed by atoms with van der Waals surface area (Å²) in [4.78, 5) is 26.0. The third-order valence-electron chi connectivity index (χ3n) is 2.81. The zero-order chi connectivity index (χ0) is 14.0. The van der Waals surface area contributed by atoms with Gasteiger partial charge in [0, 0.05) is 10.4 Å². The molecule has 1 aliphatic heterocycles. The van der Waals surface area contributed by atoms with Crippen molar-refractivity contribution in [1.29, 1.82) is 0 Å². The van der Waals surface area contributed by atoms with E-state index in [1.165, 1.54) is 11.3 Å². The van der Waals surface area contributed by atoms with E-state index in [4.69, 9.17) is 15.2 Å². The second-order valence-corrected chi connectivity index (χ2v) is 5.16. The summed E-state index contributed by atoms with van der Waals surface area (Å²) in [5, 5.41) is 0.451. The monoisotopic (exact) mass is 284 g/mol. The molecule has 0 aromatic carbocycles. The molecule has 2 rings (SSSR count). The highest BCUT2D eigenvalue weighted by Gasteiger charge is 2.32. The molecule has 6 nitrogen and oxygen atoms in total. The van der Waals surface area contributed by atoms with Crippen molar-refractivity contribution >= 4 is 28.4 Å². The summed E-state index contributed by atoms with van der Waals surface area (Å²) in [7, 11) is 0. The summed E-state index contributed by atoms with van der Waals surface area (Å²) < 4.78 is 9.94. The van der Waals surface area contributed by atoms with Crippen LogP contribution in [0.1, 0.15) is 34.6 Å². The number of carbonyl (C=O) groups is 2. The Bertz CT molecular complexity index is 512. The summed E-state index contributed by atoms with van der Waals surface area (Å²) in [6.45, 7) is 4.90. The average Bonchev–Trinajstić information content (AvgIpc) is 2.85. The summed E-state index contributed by atoms with van der Waals surface area (Å²) >= 11 is 1.32. The van der Waals surface area contributed by atoms with Crippen LogP contribution in [0.3, 0.4) is 0 Å². The molecular formula is C12H16N2O4S. The molecule has 0 spiro atoms. The number of rotatable bonds is 3. The molecular weight excluding hydrogens is 268 g/mol. The van der Waals surface area contributed by atoms with Crippen molar-refractivity contribution in [2.75, 3.05) is 18.9 Å². The number of hydrogen-bond acceptors (Lipinski definition) is 6. The fraction of sp³-hybridized carbons (Fsp3) is 0.500. The Morgan fingerprint density at radius 2 is 1.95 bits per heavy atom. The molecule has 0 atom stereocenters. The number of ether oxygens (including phenoxy) is 2. The predicted molar refractivity (Wildman–Crippen MR) is 71.0 cm³/mol. The Balaban J connectivity index is 2.20. The molecule has 1 aromatic heterocycles. The first-order valence-electron chi connectivity index (χ1n) is 6.07. The molecule has 19 heavy (non-hydrogen) atoms. The van der Waals surface area contributed by atoms with Crippen molar-refractivity contribution in [3.8, 4) is 0 Å². The topological polar surface area (TPSA) is 81.9 Å². The number of esters is 1. The Morgan fingerprint density at radius 3 is 2.58 bits per heavy atom. The summed E-state index contributed by atoms with van der Waals surface area (Å²) in [5.41, 5.74) is 7.03. The van der Waals surface area contributed by atoms with Gasteiger partial charge in [0.05, 0.1) is 31.9 Å². The van der Waals surface area contributed by atoms with Gasteiger partial charge in [0.2, 0.25) is 0 Å². The Morgan fingerprint density at radius 1 is 1.26 bits per heavy atom. The van der Waals surface area contributed by atoms with Crippen LogP contribution in [0.25, 0.3) is 0 Å². The number of hydrogen-bond donors (Lipinski definition) is 1. The lowest BCUT2D eigenvalue weighted by Gasteiger charge is -2.15. The molecule has 0 bridgehead atoms. The normalized spacial score (nSPS) is 13.3. The van der Waals surface area contributed by atoms with Crippen molar-refractivity contribution in [3.05, 3.63) is 16.0 Å². The predicted octanol–water partition coefficient (Wildman–Crippen LogP) is 1.98. The van der Waals surface area contributed by atoms with Gasteiger partial charge in [-0.3, -0.25) is 4.90 Å². The highest BCUT2D eigenvalue weighted by atomic mass is 32.1. The molecule has 1 amide bonds.